The zero-order valence-electron chi connectivity index (χ0n) is 17.2. The second-order valence-electron chi connectivity index (χ2n) is 7.20. The number of ether oxygens (including phenoxy) is 3. The first-order valence-corrected chi connectivity index (χ1v) is 10.7. The van der Waals surface area contributed by atoms with Gasteiger partial charge in [-0.2, -0.15) is 0 Å². The molecule has 1 fully saturated rings. The third kappa shape index (κ3) is 4.08. The molecule has 2 unspecified atom stereocenters. The topological polar surface area (TPSA) is 95.5 Å². The molecular formula is C21H24N4O4S. The monoisotopic (exact) mass is 428 g/mol. The maximum absolute atomic E-state index is 12.1. The van der Waals surface area contributed by atoms with Crippen molar-refractivity contribution in [2.75, 3.05) is 19.5 Å². The number of carbonyl (C=O) groups is 1. The molecule has 0 aliphatic heterocycles. The molecule has 0 amide bonds. The standard InChI is InChI=1S/C21H24N4O4S/c1-12-16-18(23-11-24-20(16)30-17(12)21(26)28-3)25-15-8-5-9-22-19(15)29-14-7-4-6-13(10-14)27-2/h5,8-9,11,13-14H,4,6-7,10H2,1-3H3,(H,23,24,25). The SMILES string of the molecule is COC(=O)c1sc2ncnc(Nc3cccnc3OC3CCCC(OC)C3)c2c1C. The Bertz CT molecular complexity index is 1050. The maximum Gasteiger partial charge on any atom is 0.348 e. The van der Waals surface area contributed by atoms with Gasteiger partial charge in [-0.15, -0.1) is 11.3 Å². The Kier molecular flexibility index (Phi) is 6.10. The molecule has 1 aliphatic rings. The summed E-state index contributed by atoms with van der Waals surface area (Å²) >= 11 is 1.29. The number of nitrogens with zero attached hydrogens (tertiary/aromatic N) is 3. The van der Waals surface area contributed by atoms with Crippen LogP contribution in [-0.2, 0) is 9.47 Å². The van der Waals surface area contributed by atoms with Gasteiger partial charge in [0.15, 0.2) is 0 Å². The van der Waals surface area contributed by atoms with E-state index >= 15 is 0 Å². The minimum atomic E-state index is -0.378. The predicted octanol–water partition coefficient (Wildman–Crippen LogP) is 4.26. The van der Waals surface area contributed by atoms with E-state index in [9.17, 15) is 4.79 Å². The molecule has 3 heterocycles. The van der Waals surface area contributed by atoms with E-state index in [1.807, 2.05) is 19.1 Å². The van der Waals surface area contributed by atoms with Crippen LogP contribution in [0.15, 0.2) is 24.7 Å². The van der Waals surface area contributed by atoms with Crippen molar-refractivity contribution in [3.8, 4) is 5.88 Å². The van der Waals surface area contributed by atoms with Crippen molar-refractivity contribution in [3.05, 3.63) is 35.1 Å². The summed E-state index contributed by atoms with van der Waals surface area (Å²) in [4.78, 5) is 26.5. The van der Waals surface area contributed by atoms with E-state index in [-0.39, 0.29) is 18.2 Å². The van der Waals surface area contributed by atoms with Crippen molar-refractivity contribution in [3.63, 3.8) is 0 Å². The second-order valence-corrected chi connectivity index (χ2v) is 8.19. The highest BCUT2D eigenvalue weighted by molar-refractivity contribution is 7.20. The molecule has 9 heteroatoms. The fraction of sp³-hybridized carbons (Fsp3) is 0.429. The molecule has 30 heavy (non-hydrogen) atoms. The van der Waals surface area contributed by atoms with Crippen LogP contribution in [-0.4, -0.2) is 47.3 Å². The molecule has 0 spiro atoms. The molecule has 2 atom stereocenters. The van der Waals surface area contributed by atoms with Gasteiger partial charge in [-0.05, 0) is 43.9 Å². The van der Waals surface area contributed by atoms with Gasteiger partial charge in [-0.1, -0.05) is 0 Å². The Morgan fingerprint density at radius 1 is 1.20 bits per heavy atom. The second kappa shape index (κ2) is 8.93. The summed E-state index contributed by atoms with van der Waals surface area (Å²) in [5.41, 5.74) is 1.49. The van der Waals surface area contributed by atoms with E-state index in [0.717, 1.165) is 36.6 Å². The summed E-state index contributed by atoms with van der Waals surface area (Å²) in [7, 11) is 3.11. The number of carbonyl (C=O) groups excluding carboxylic acids is 1. The smallest absolute Gasteiger partial charge is 0.348 e. The lowest BCUT2D eigenvalue weighted by Gasteiger charge is -2.28. The number of esters is 1. The lowest BCUT2D eigenvalue weighted by molar-refractivity contribution is 0.0197. The first-order valence-electron chi connectivity index (χ1n) is 9.84. The number of nitrogens with one attached hydrogen (secondary N) is 1. The number of rotatable bonds is 6. The number of fused-ring (bicyclic) bond motifs is 1. The zero-order valence-corrected chi connectivity index (χ0v) is 18.0. The summed E-state index contributed by atoms with van der Waals surface area (Å²) in [5, 5.41) is 4.11. The fourth-order valence-electron chi connectivity index (χ4n) is 3.74. The number of pyridine rings is 1. The van der Waals surface area contributed by atoms with Crippen molar-refractivity contribution in [1.82, 2.24) is 15.0 Å². The Morgan fingerprint density at radius 3 is 2.83 bits per heavy atom. The molecule has 1 saturated carbocycles. The molecule has 1 N–H and O–H groups in total. The molecule has 0 aromatic carbocycles. The van der Waals surface area contributed by atoms with Crippen LogP contribution in [0.2, 0.25) is 0 Å². The Balaban J connectivity index is 1.63. The summed E-state index contributed by atoms with van der Waals surface area (Å²) in [6.07, 6.45) is 7.39. The number of thiophene rings is 1. The molecule has 8 nitrogen and oxygen atoms in total. The van der Waals surface area contributed by atoms with E-state index in [0.29, 0.717) is 27.1 Å². The average Bonchev–Trinajstić information content (AvgIpc) is 3.12. The number of anilines is 2. The molecule has 1 aliphatic carbocycles. The predicted molar refractivity (Wildman–Crippen MR) is 115 cm³/mol. The third-order valence-electron chi connectivity index (χ3n) is 5.31. The van der Waals surface area contributed by atoms with Crippen molar-refractivity contribution in [2.24, 2.45) is 0 Å². The van der Waals surface area contributed by atoms with E-state index in [1.54, 1.807) is 13.3 Å². The number of aryl methyl sites for hydroxylation is 1. The molecule has 3 aromatic rings. The van der Waals surface area contributed by atoms with Crippen LogP contribution in [0.1, 0.15) is 40.9 Å². The van der Waals surface area contributed by atoms with Gasteiger partial charge in [0.2, 0.25) is 5.88 Å². The molecule has 158 valence electrons. The average molecular weight is 429 g/mol. The van der Waals surface area contributed by atoms with Crippen molar-refractivity contribution >= 4 is 39.0 Å². The van der Waals surface area contributed by atoms with Crippen LogP contribution < -0.4 is 10.1 Å². The van der Waals surface area contributed by atoms with Gasteiger partial charge in [-0.3, -0.25) is 0 Å². The number of aromatic nitrogens is 3. The summed E-state index contributed by atoms with van der Waals surface area (Å²) in [5.74, 6) is 0.740. The van der Waals surface area contributed by atoms with Gasteiger partial charge >= 0.3 is 5.97 Å². The minimum absolute atomic E-state index is 0.0541. The van der Waals surface area contributed by atoms with Crippen molar-refractivity contribution < 1.29 is 19.0 Å². The molecule has 4 rings (SSSR count). The molecule has 0 radical (unpaired) electrons. The largest absolute Gasteiger partial charge is 0.473 e. The lowest BCUT2D eigenvalue weighted by Crippen LogP contribution is -2.29. The van der Waals surface area contributed by atoms with Crippen LogP contribution in [0.5, 0.6) is 5.88 Å². The minimum Gasteiger partial charge on any atom is -0.473 e. The maximum atomic E-state index is 12.1. The quantitative estimate of drug-likeness (QED) is 0.582. The summed E-state index contributed by atoms with van der Waals surface area (Å²) in [6.45, 7) is 1.87. The third-order valence-corrected chi connectivity index (χ3v) is 6.49. The number of hydrogen-bond acceptors (Lipinski definition) is 9. The van der Waals surface area contributed by atoms with Gasteiger partial charge in [0.05, 0.1) is 18.6 Å². The summed E-state index contributed by atoms with van der Waals surface area (Å²) in [6, 6.07) is 3.74. The first kappa shape index (κ1) is 20.5. The van der Waals surface area contributed by atoms with E-state index < -0.39 is 0 Å². The van der Waals surface area contributed by atoms with Crippen LogP contribution in [0, 0.1) is 6.92 Å². The van der Waals surface area contributed by atoms with E-state index in [4.69, 9.17) is 14.2 Å². The normalized spacial score (nSPS) is 18.9. The van der Waals surface area contributed by atoms with E-state index in [2.05, 4.69) is 20.3 Å². The highest BCUT2D eigenvalue weighted by Gasteiger charge is 2.25. The van der Waals surface area contributed by atoms with Gasteiger partial charge in [0.1, 0.15) is 33.6 Å². The van der Waals surface area contributed by atoms with Gasteiger partial charge in [0, 0.05) is 19.7 Å². The zero-order chi connectivity index (χ0) is 21.1. The fourth-order valence-corrected chi connectivity index (χ4v) is 4.81. The van der Waals surface area contributed by atoms with Crippen LogP contribution >= 0.6 is 11.3 Å². The lowest BCUT2D eigenvalue weighted by atomic mass is 9.95. The molecule has 0 bridgehead atoms. The molecule has 3 aromatic heterocycles. The van der Waals surface area contributed by atoms with Gasteiger partial charge in [-0.25, -0.2) is 19.7 Å². The Morgan fingerprint density at radius 2 is 2.03 bits per heavy atom. The Labute approximate surface area is 178 Å². The van der Waals surface area contributed by atoms with Crippen LogP contribution in [0.25, 0.3) is 10.2 Å². The van der Waals surface area contributed by atoms with Crippen molar-refractivity contribution in [1.29, 1.82) is 0 Å². The number of methoxy groups -OCH3 is 2. The van der Waals surface area contributed by atoms with Gasteiger partial charge < -0.3 is 19.5 Å². The Hall–Kier alpha value is -2.78. The molecular weight excluding hydrogens is 404 g/mol. The van der Waals surface area contributed by atoms with Crippen LogP contribution in [0.3, 0.4) is 0 Å². The summed E-state index contributed by atoms with van der Waals surface area (Å²) < 4.78 is 16.6. The molecule has 0 saturated heterocycles. The number of hydrogen-bond donors (Lipinski definition) is 1. The van der Waals surface area contributed by atoms with E-state index in [1.165, 1.54) is 24.8 Å². The highest BCUT2D eigenvalue weighted by atomic mass is 32.1. The highest BCUT2D eigenvalue weighted by Crippen LogP contribution is 2.36. The van der Waals surface area contributed by atoms with Crippen LogP contribution in [0.4, 0.5) is 11.5 Å². The van der Waals surface area contributed by atoms with Gasteiger partial charge in [0.25, 0.3) is 0 Å². The first-order chi connectivity index (χ1) is 14.6. The van der Waals surface area contributed by atoms with Crippen molar-refractivity contribution in [2.45, 2.75) is 44.8 Å².